The third kappa shape index (κ3) is 13.8. The molecule has 180 valence electrons. The fourth-order valence-corrected chi connectivity index (χ4v) is 4.58. The molecule has 5 heteroatoms. The van der Waals surface area contributed by atoms with Crippen molar-refractivity contribution in [2.45, 2.75) is 123 Å². The van der Waals surface area contributed by atoms with E-state index in [2.05, 4.69) is 32.0 Å². The van der Waals surface area contributed by atoms with Crippen molar-refractivity contribution in [2.75, 3.05) is 5.75 Å². The van der Waals surface area contributed by atoms with Gasteiger partial charge in [-0.3, -0.25) is 4.55 Å². The van der Waals surface area contributed by atoms with Crippen LogP contribution < -0.4 is 4.74 Å². The van der Waals surface area contributed by atoms with Crippen molar-refractivity contribution in [3.63, 3.8) is 0 Å². The molecule has 0 heterocycles. The van der Waals surface area contributed by atoms with E-state index in [1.54, 1.807) is 0 Å². The van der Waals surface area contributed by atoms with Gasteiger partial charge in [0.25, 0.3) is 10.1 Å². The number of unbranched alkanes of at least 4 members (excludes halogenated alkanes) is 10. The fraction of sp³-hybridized carbons (Fsp3) is 0.769. The molecule has 0 fully saturated rings. The van der Waals surface area contributed by atoms with E-state index in [9.17, 15) is 8.42 Å². The Bertz CT molecular complexity index is 650. The van der Waals surface area contributed by atoms with Gasteiger partial charge in [-0.25, -0.2) is 0 Å². The van der Waals surface area contributed by atoms with Gasteiger partial charge in [0, 0.05) is 6.42 Å². The summed E-state index contributed by atoms with van der Waals surface area (Å²) in [7, 11) is -3.96. The predicted molar refractivity (Wildman–Crippen MR) is 132 cm³/mol. The lowest BCUT2D eigenvalue weighted by molar-refractivity contribution is 0.212. The van der Waals surface area contributed by atoms with Crippen LogP contribution in [0.25, 0.3) is 0 Å². The van der Waals surface area contributed by atoms with Crippen LogP contribution in [-0.2, 0) is 23.0 Å². The van der Waals surface area contributed by atoms with E-state index in [0.29, 0.717) is 6.42 Å². The highest BCUT2D eigenvalue weighted by Crippen LogP contribution is 2.29. The predicted octanol–water partition coefficient (Wildman–Crippen LogP) is 7.54. The molecule has 1 N–H and O–H groups in total. The van der Waals surface area contributed by atoms with E-state index in [0.717, 1.165) is 31.4 Å². The molecule has 0 amide bonds. The molecule has 1 aromatic carbocycles. The average Bonchev–Trinajstić information content (AvgIpc) is 2.72. The Morgan fingerprint density at radius 1 is 0.806 bits per heavy atom. The number of hydrogen-bond donors (Lipinski definition) is 1. The number of ether oxygens (including phenoxy) is 1. The zero-order valence-electron chi connectivity index (χ0n) is 20.2. The first kappa shape index (κ1) is 28.0. The van der Waals surface area contributed by atoms with Gasteiger partial charge in [0.05, 0.1) is 11.9 Å². The van der Waals surface area contributed by atoms with Gasteiger partial charge in [-0.05, 0) is 43.7 Å². The standard InChI is InChI=1S/C26H46O4S/c1-4-6-8-10-12-14-17-24-19-16-20-25(18-15-13-11-9-7-5-2)26(24)30-23(3)21-22-31(27,28)29/h16,19-20,23H,4-15,17-18,21-22H2,1-3H3,(H,27,28,29). The highest BCUT2D eigenvalue weighted by molar-refractivity contribution is 7.85. The summed E-state index contributed by atoms with van der Waals surface area (Å²) in [6.07, 6.45) is 17.2. The van der Waals surface area contributed by atoms with Crippen LogP contribution in [0.1, 0.15) is 115 Å². The number of aryl methyl sites for hydroxylation is 2. The van der Waals surface area contributed by atoms with E-state index in [1.165, 1.54) is 75.3 Å². The molecular formula is C26H46O4S. The van der Waals surface area contributed by atoms with Crippen LogP contribution in [0.15, 0.2) is 18.2 Å². The van der Waals surface area contributed by atoms with Gasteiger partial charge in [-0.1, -0.05) is 96.3 Å². The van der Waals surface area contributed by atoms with Crippen molar-refractivity contribution in [1.29, 1.82) is 0 Å². The van der Waals surface area contributed by atoms with E-state index in [4.69, 9.17) is 9.29 Å². The maximum Gasteiger partial charge on any atom is 0.264 e. The minimum atomic E-state index is -3.96. The maximum absolute atomic E-state index is 11.1. The largest absolute Gasteiger partial charge is 0.490 e. The van der Waals surface area contributed by atoms with E-state index >= 15 is 0 Å². The van der Waals surface area contributed by atoms with Gasteiger partial charge in [-0.2, -0.15) is 8.42 Å². The summed E-state index contributed by atoms with van der Waals surface area (Å²) in [5.74, 6) is 0.688. The van der Waals surface area contributed by atoms with Gasteiger partial charge in [0.15, 0.2) is 0 Å². The molecule has 0 spiro atoms. The Balaban J connectivity index is 2.74. The molecule has 0 aliphatic carbocycles. The quantitative estimate of drug-likeness (QED) is 0.173. The molecule has 0 aliphatic heterocycles. The summed E-state index contributed by atoms with van der Waals surface area (Å²) >= 11 is 0. The number of benzene rings is 1. The van der Waals surface area contributed by atoms with Crippen LogP contribution in [0.4, 0.5) is 0 Å². The topological polar surface area (TPSA) is 63.6 Å². The van der Waals surface area contributed by atoms with Crippen molar-refractivity contribution in [2.24, 2.45) is 0 Å². The van der Waals surface area contributed by atoms with Crippen LogP contribution in [0.2, 0.25) is 0 Å². The van der Waals surface area contributed by atoms with Crippen LogP contribution in [0, 0.1) is 0 Å². The summed E-state index contributed by atoms with van der Waals surface area (Å²) in [6.45, 7) is 6.37. The highest BCUT2D eigenvalue weighted by atomic mass is 32.2. The summed E-state index contributed by atoms with van der Waals surface area (Å²) in [5.41, 5.74) is 2.47. The SMILES string of the molecule is CCCCCCCCc1cccc(CCCCCCCC)c1OC(C)CCS(=O)(=O)O. The van der Waals surface area contributed by atoms with Gasteiger partial charge in [0.1, 0.15) is 5.75 Å². The smallest absolute Gasteiger partial charge is 0.264 e. The lowest BCUT2D eigenvalue weighted by Gasteiger charge is -2.21. The molecule has 0 radical (unpaired) electrons. The summed E-state index contributed by atoms with van der Waals surface area (Å²) < 4.78 is 37.6. The third-order valence-corrected chi connectivity index (χ3v) is 6.63. The average molecular weight is 455 g/mol. The number of hydrogen-bond acceptors (Lipinski definition) is 3. The maximum atomic E-state index is 11.1. The number of rotatable bonds is 19. The van der Waals surface area contributed by atoms with Crippen molar-refractivity contribution in [3.05, 3.63) is 29.3 Å². The minimum absolute atomic E-state index is 0.254. The molecule has 0 aromatic heterocycles. The first-order valence-electron chi connectivity index (χ1n) is 12.6. The Labute approximate surface area is 191 Å². The van der Waals surface area contributed by atoms with E-state index in [1.807, 2.05) is 6.92 Å². The minimum Gasteiger partial charge on any atom is -0.490 e. The second-order valence-electron chi connectivity index (χ2n) is 8.94. The van der Waals surface area contributed by atoms with Crippen molar-refractivity contribution < 1.29 is 17.7 Å². The van der Waals surface area contributed by atoms with E-state index in [-0.39, 0.29) is 11.9 Å². The highest BCUT2D eigenvalue weighted by Gasteiger charge is 2.15. The second-order valence-corrected chi connectivity index (χ2v) is 10.5. The Morgan fingerprint density at radius 2 is 1.26 bits per heavy atom. The molecule has 0 saturated carbocycles. The summed E-state index contributed by atoms with van der Waals surface area (Å²) in [6, 6.07) is 6.44. The lowest BCUT2D eigenvalue weighted by atomic mass is 9.98. The third-order valence-electron chi connectivity index (χ3n) is 5.88. The Kier molecular flexibility index (Phi) is 14.9. The molecule has 0 aliphatic rings. The summed E-state index contributed by atoms with van der Waals surface area (Å²) in [4.78, 5) is 0. The molecule has 31 heavy (non-hydrogen) atoms. The molecule has 4 nitrogen and oxygen atoms in total. The Hall–Kier alpha value is -1.07. The van der Waals surface area contributed by atoms with Gasteiger partial charge >= 0.3 is 0 Å². The van der Waals surface area contributed by atoms with Crippen LogP contribution in [0.5, 0.6) is 5.75 Å². The van der Waals surface area contributed by atoms with Crippen molar-refractivity contribution in [3.8, 4) is 5.75 Å². The van der Waals surface area contributed by atoms with Crippen LogP contribution in [0.3, 0.4) is 0 Å². The van der Waals surface area contributed by atoms with Crippen molar-refractivity contribution in [1.82, 2.24) is 0 Å². The van der Waals surface area contributed by atoms with E-state index < -0.39 is 10.1 Å². The fourth-order valence-electron chi connectivity index (χ4n) is 3.95. The lowest BCUT2D eigenvalue weighted by Crippen LogP contribution is -2.19. The van der Waals surface area contributed by atoms with Crippen LogP contribution >= 0.6 is 0 Å². The van der Waals surface area contributed by atoms with Gasteiger partial charge < -0.3 is 4.74 Å². The number of para-hydroxylation sites is 1. The first-order valence-corrected chi connectivity index (χ1v) is 14.2. The van der Waals surface area contributed by atoms with Gasteiger partial charge in [0.2, 0.25) is 0 Å². The van der Waals surface area contributed by atoms with Crippen LogP contribution in [-0.4, -0.2) is 24.8 Å². The molecule has 1 rings (SSSR count). The zero-order chi connectivity index (χ0) is 23.0. The Morgan fingerprint density at radius 3 is 1.71 bits per heavy atom. The second kappa shape index (κ2) is 16.5. The molecule has 0 bridgehead atoms. The molecule has 1 atom stereocenters. The molecule has 0 saturated heterocycles. The molecule has 1 unspecified atom stereocenters. The monoisotopic (exact) mass is 454 g/mol. The molecule has 1 aromatic rings. The van der Waals surface area contributed by atoms with Crippen molar-refractivity contribution >= 4 is 10.1 Å². The first-order chi connectivity index (χ1) is 14.9. The molecular weight excluding hydrogens is 408 g/mol. The normalized spacial score (nSPS) is 12.8. The van der Waals surface area contributed by atoms with Gasteiger partial charge in [-0.15, -0.1) is 0 Å². The summed E-state index contributed by atoms with van der Waals surface area (Å²) in [5, 5.41) is 0. The zero-order valence-corrected chi connectivity index (χ0v) is 21.0.